The number of aldehydes is 1. The van der Waals surface area contributed by atoms with E-state index in [0.29, 0.717) is 12.0 Å². The summed E-state index contributed by atoms with van der Waals surface area (Å²) in [7, 11) is 0. The van der Waals surface area contributed by atoms with E-state index < -0.39 is 0 Å². The van der Waals surface area contributed by atoms with Gasteiger partial charge in [-0.25, -0.2) is 0 Å². The van der Waals surface area contributed by atoms with E-state index in [4.69, 9.17) is 0 Å². The Morgan fingerprint density at radius 2 is 2.08 bits per heavy atom. The van der Waals surface area contributed by atoms with E-state index in [1.807, 2.05) is 12.1 Å². The van der Waals surface area contributed by atoms with Gasteiger partial charge in [-0.05, 0) is 30.0 Å². The standard InChI is InChI=1S/C10H10O2/c11-6-7-1-2-8-4-10(12)5-9(8)3-7/h1-3,6,10,12H,4-5H2/t10-/m0/s1. The molecule has 62 valence electrons. The maximum atomic E-state index is 10.4. The second-order valence-corrected chi connectivity index (χ2v) is 3.21. The summed E-state index contributed by atoms with van der Waals surface area (Å²) in [4.78, 5) is 10.4. The average Bonchev–Trinajstić information content (AvgIpc) is 2.43. The SMILES string of the molecule is O=Cc1ccc2c(c1)C[C@@H](O)C2. The van der Waals surface area contributed by atoms with Gasteiger partial charge >= 0.3 is 0 Å². The van der Waals surface area contributed by atoms with Crippen molar-refractivity contribution in [2.24, 2.45) is 0 Å². The molecule has 0 heterocycles. The van der Waals surface area contributed by atoms with E-state index in [-0.39, 0.29) is 6.10 Å². The highest BCUT2D eigenvalue weighted by Gasteiger charge is 2.18. The third kappa shape index (κ3) is 1.14. The van der Waals surface area contributed by atoms with E-state index in [9.17, 15) is 9.90 Å². The molecule has 1 aliphatic carbocycles. The summed E-state index contributed by atoms with van der Waals surface area (Å²) in [5.74, 6) is 0. The van der Waals surface area contributed by atoms with Gasteiger partial charge in [0.2, 0.25) is 0 Å². The second-order valence-electron chi connectivity index (χ2n) is 3.21. The van der Waals surface area contributed by atoms with Crippen LogP contribution in [0.25, 0.3) is 0 Å². The first-order valence-electron chi connectivity index (χ1n) is 4.04. The Balaban J connectivity index is 2.41. The van der Waals surface area contributed by atoms with Gasteiger partial charge in [0.15, 0.2) is 0 Å². The highest BCUT2D eigenvalue weighted by molar-refractivity contribution is 5.75. The topological polar surface area (TPSA) is 37.3 Å². The van der Waals surface area contributed by atoms with Gasteiger partial charge in [-0.2, -0.15) is 0 Å². The Kier molecular flexibility index (Phi) is 1.70. The van der Waals surface area contributed by atoms with E-state index in [0.717, 1.165) is 18.3 Å². The quantitative estimate of drug-likeness (QED) is 0.624. The number of aliphatic hydroxyl groups excluding tert-OH is 1. The third-order valence-electron chi connectivity index (χ3n) is 2.28. The molecule has 0 aliphatic heterocycles. The molecular weight excluding hydrogens is 152 g/mol. The van der Waals surface area contributed by atoms with Crippen molar-refractivity contribution in [3.8, 4) is 0 Å². The molecule has 1 aromatic rings. The molecule has 2 nitrogen and oxygen atoms in total. The lowest BCUT2D eigenvalue weighted by atomic mass is 10.1. The number of benzene rings is 1. The third-order valence-corrected chi connectivity index (χ3v) is 2.28. The highest BCUT2D eigenvalue weighted by atomic mass is 16.3. The summed E-state index contributed by atoms with van der Waals surface area (Å²) >= 11 is 0. The first kappa shape index (κ1) is 7.50. The largest absolute Gasteiger partial charge is 0.392 e. The molecule has 0 bridgehead atoms. The van der Waals surface area contributed by atoms with Crippen LogP contribution in [0.5, 0.6) is 0 Å². The second kappa shape index (κ2) is 2.72. The van der Waals surface area contributed by atoms with Crippen LogP contribution < -0.4 is 0 Å². The summed E-state index contributed by atoms with van der Waals surface area (Å²) in [5.41, 5.74) is 2.99. The minimum absolute atomic E-state index is 0.248. The Hall–Kier alpha value is -1.15. The molecule has 1 atom stereocenters. The van der Waals surface area contributed by atoms with Gasteiger partial charge in [0.1, 0.15) is 6.29 Å². The van der Waals surface area contributed by atoms with Crippen LogP contribution in [-0.4, -0.2) is 17.5 Å². The molecule has 1 N–H and O–H groups in total. The molecule has 2 heteroatoms. The number of aliphatic hydroxyl groups is 1. The molecule has 0 fully saturated rings. The summed E-state index contributed by atoms with van der Waals surface area (Å²) < 4.78 is 0. The van der Waals surface area contributed by atoms with Crippen molar-refractivity contribution in [1.29, 1.82) is 0 Å². The number of rotatable bonds is 1. The molecule has 0 saturated carbocycles. The van der Waals surface area contributed by atoms with Crippen molar-refractivity contribution in [2.45, 2.75) is 18.9 Å². The Bertz CT molecular complexity index is 318. The lowest BCUT2D eigenvalue weighted by molar-refractivity contribution is 0.112. The first-order chi connectivity index (χ1) is 5.79. The van der Waals surface area contributed by atoms with Crippen LogP contribution in [0.2, 0.25) is 0 Å². The molecule has 0 amide bonds. The molecule has 1 aromatic carbocycles. The van der Waals surface area contributed by atoms with Crippen molar-refractivity contribution in [1.82, 2.24) is 0 Å². The molecule has 0 saturated heterocycles. The molecule has 0 aromatic heterocycles. The van der Waals surface area contributed by atoms with Crippen LogP contribution in [0.4, 0.5) is 0 Å². The molecule has 0 radical (unpaired) electrons. The zero-order valence-electron chi connectivity index (χ0n) is 6.66. The van der Waals surface area contributed by atoms with Gasteiger partial charge in [0.05, 0.1) is 6.10 Å². The highest BCUT2D eigenvalue weighted by Crippen LogP contribution is 2.22. The predicted molar refractivity (Wildman–Crippen MR) is 45.2 cm³/mol. The lowest BCUT2D eigenvalue weighted by Crippen LogP contribution is -2.03. The van der Waals surface area contributed by atoms with Crippen molar-refractivity contribution in [3.63, 3.8) is 0 Å². The number of carbonyl (C=O) groups is 1. The van der Waals surface area contributed by atoms with Crippen LogP contribution in [-0.2, 0) is 12.8 Å². The number of carbonyl (C=O) groups excluding carboxylic acids is 1. The Morgan fingerprint density at radius 1 is 1.33 bits per heavy atom. The molecule has 1 aliphatic rings. The fourth-order valence-electron chi connectivity index (χ4n) is 1.69. The first-order valence-corrected chi connectivity index (χ1v) is 4.04. The van der Waals surface area contributed by atoms with Crippen LogP contribution in [0.1, 0.15) is 21.5 Å². The van der Waals surface area contributed by atoms with Gasteiger partial charge in [-0.3, -0.25) is 4.79 Å². The average molecular weight is 162 g/mol. The van der Waals surface area contributed by atoms with Crippen LogP contribution >= 0.6 is 0 Å². The van der Waals surface area contributed by atoms with E-state index in [1.165, 1.54) is 5.56 Å². The summed E-state index contributed by atoms with van der Waals surface area (Å²) in [6.07, 6.45) is 2.01. The van der Waals surface area contributed by atoms with Crippen molar-refractivity contribution in [3.05, 3.63) is 34.9 Å². The Labute approximate surface area is 70.8 Å². The molecule has 0 unspecified atom stereocenters. The van der Waals surface area contributed by atoms with Crippen molar-refractivity contribution in [2.75, 3.05) is 0 Å². The number of hydrogen-bond acceptors (Lipinski definition) is 2. The van der Waals surface area contributed by atoms with Crippen LogP contribution in [0.15, 0.2) is 18.2 Å². The van der Waals surface area contributed by atoms with E-state index in [2.05, 4.69) is 0 Å². The molecule has 0 spiro atoms. The number of hydrogen-bond donors (Lipinski definition) is 1. The normalized spacial score (nSPS) is 20.6. The van der Waals surface area contributed by atoms with Gasteiger partial charge in [-0.15, -0.1) is 0 Å². The summed E-state index contributed by atoms with van der Waals surface area (Å²) in [6.45, 7) is 0. The van der Waals surface area contributed by atoms with E-state index in [1.54, 1.807) is 6.07 Å². The number of fused-ring (bicyclic) bond motifs is 1. The molecule has 2 rings (SSSR count). The zero-order chi connectivity index (χ0) is 8.55. The van der Waals surface area contributed by atoms with Crippen molar-refractivity contribution < 1.29 is 9.90 Å². The smallest absolute Gasteiger partial charge is 0.150 e. The summed E-state index contributed by atoms with van der Waals surface area (Å²) in [6, 6.07) is 5.58. The molecular formula is C10H10O2. The van der Waals surface area contributed by atoms with Crippen LogP contribution in [0, 0.1) is 0 Å². The zero-order valence-corrected chi connectivity index (χ0v) is 6.66. The lowest BCUT2D eigenvalue weighted by Gasteiger charge is -1.97. The van der Waals surface area contributed by atoms with Gasteiger partial charge < -0.3 is 5.11 Å². The van der Waals surface area contributed by atoms with Gasteiger partial charge in [0.25, 0.3) is 0 Å². The van der Waals surface area contributed by atoms with E-state index >= 15 is 0 Å². The van der Waals surface area contributed by atoms with Gasteiger partial charge in [0, 0.05) is 5.56 Å². The predicted octanol–water partition coefficient (Wildman–Crippen LogP) is 0.959. The maximum absolute atomic E-state index is 10.4. The molecule has 12 heavy (non-hydrogen) atoms. The minimum atomic E-state index is -0.248. The minimum Gasteiger partial charge on any atom is -0.392 e. The summed E-state index contributed by atoms with van der Waals surface area (Å²) in [5, 5.41) is 9.33. The maximum Gasteiger partial charge on any atom is 0.150 e. The van der Waals surface area contributed by atoms with Crippen molar-refractivity contribution >= 4 is 6.29 Å². The van der Waals surface area contributed by atoms with Gasteiger partial charge in [-0.1, -0.05) is 12.1 Å². The monoisotopic (exact) mass is 162 g/mol. The Morgan fingerprint density at radius 3 is 2.83 bits per heavy atom. The fraction of sp³-hybridized carbons (Fsp3) is 0.300. The fourth-order valence-corrected chi connectivity index (χ4v) is 1.69. The van der Waals surface area contributed by atoms with Crippen LogP contribution in [0.3, 0.4) is 0 Å².